The molecule has 1 aromatic rings. The molecule has 1 aliphatic rings. The molecule has 1 N–H and O–H groups in total. The molecule has 0 bridgehead atoms. The molecule has 1 saturated heterocycles. The van der Waals surface area contributed by atoms with Crippen LogP contribution in [-0.2, 0) is 5.41 Å². The van der Waals surface area contributed by atoms with Crippen molar-refractivity contribution in [2.75, 3.05) is 26.7 Å². The van der Waals surface area contributed by atoms with E-state index in [0.717, 1.165) is 13.1 Å². The van der Waals surface area contributed by atoms with Gasteiger partial charge in [-0.1, -0.05) is 45.0 Å². The van der Waals surface area contributed by atoms with Gasteiger partial charge in [-0.2, -0.15) is 0 Å². The highest BCUT2D eigenvalue weighted by Crippen LogP contribution is 2.32. The highest BCUT2D eigenvalue weighted by Gasteiger charge is 2.31. The van der Waals surface area contributed by atoms with Crippen molar-refractivity contribution >= 4 is 0 Å². The Morgan fingerprint density at radius 3 is 2.28 bits per heavy atom. The number of aliphatic hydroxyl groups excluding tert-OH is 1. The van der Waals surface area contributed by atoms with Crippen molar-refractivity contribution < 1.29 is 5.11 Å². The van der Waals surface area contributed by atoms with Crippen molar-refractivity contribution in [3.63, 3.8) is 0 Å². The lowest BCUT2D eigenvalue weighted by atomic mass is 9.84. The number of likely N-dealkylation sites (tertiary alicyclic amines) is 1. The molecule has 1 aliphatic heterocycles. The van der Waals surface area contributed by atoms with Gasteiger partial charge < -0.3 is 10.0 Å². The number of hydrogen-bond acceptors (Lipinski definition) is 2. The van der Waals surface area contributed by atoms with Crippen LogP contribution in [0.15, 0.2) is 24.3 Å². The van der Waals surface area contributed by atoms with Crippen LogP contribution in [0.3, 0.4) is 0 Å². The zero-order valence-electron chi connectivity index (χ0n) is 12.0. The molecule has 0 aromatic heterocycles. The van der Waals surface area contributed by atoms with Crippen LogP contribution in [0.25, 0.3) is 0 Å². The summed E-state index contributed by atoms with van der Waals surface area (Å²) in [6, 6.07) is 8.96. The standard InChI is InChI=1S/C16H25NO/c1-16(2,3)14-7-5-12(6-8-14)15-10-17(4)9-13(15)11-18/h5-8,13,15,18H,9-11H2,1-4H3/t13-,15+/m0/s1. The van der Waals surface area contributed by atoms with Crippen molar-refractivity contribution in [2.24, 2.45) is 5.92 Å². The average molecular weight is 247 g/mol. The van der Waals surface area contributed by atoms with Gasteiger partial charge in [0.15, 0.2) is 0 Å². The maximum absolute atomic E-state index is 9.47. The molecule has 0 radical (unpaired) electrons. The second-order valence-electron chi connectivity index (χ2n) is 6.64. The van der Waals surface area contributed by atoms with Gasteiger partial charge in [0.25, 0.3) is 0 Å². The number of nitrogens with zero attached hydrogens (tertiary/aromatic N) is 1. The monoisotopic (exact) mass is 247 g/mol. The molecular formula is C16H25NO. The number of likely N-dealkylation sites (N-methyl/N-ethyl adjacent to an activating group) is 1. The highest BCUT2D eigenvalue weighted by molar-refractivity contribution is 5.30. The van der Waals surface area contributed by atoms with Crippen molar-refractivity contribution in [2.45, 2.75) is 32.1 Å². The lowest BCUT2D eigenvalue weighted by Crippen LogP contribution is -2.16. The van der Waals surface area contributed by atoms with Crippen LogP contribution in [0.2, 0.25) is 0 Å². The van der Waals surface area contributed by atoms with Gasteiger partial charge in [0.1, 0.15) is 0 Å². The van der Waals surface area contributed by atoms with Gasteiger partial charge in [0.05, 0.1) is 0 Å². The fraction of sp³-hybridized carbons (Fsp3) is 0.625. The number of hydrogen-bond donors (Lipinski definition) is 1. The minimum atomic E-state index is 0.210. The van der Waals surface area contributed by atoms with Crippen LogP contribution >= 0.6 is 0 Å². The molecule has 2 atom stereocenters. The molecule has 2 heteroatoms. The van der Waals surface area contributed by atoms with E-state index >= 15 is 0 Å². The number of aliphatic hydroxyl groups is 1. The van der Waals surface area contributed by atoms with Crippen LogP contribution in [0, 0.1) is 5.92 Å². The van der Waals surface area contributed by atoms with E-state index in [1.165, 1.54) is 11.1 Å². The minimum Gasteiger partial charge on any atom is -0.396 e. The largest absolute Gasteiger partial charge is 0.396 e. The first kappa shape index (κ1) is 13.6. The quantitative estimate of drug-likeness (QED) is 0.868. The van der Waals surface area contributed by atoms with E-state index in [2.05, 4.69) is 57.0 Å². The third-order valence-electron chi connectivity index (χ3n) is 4.06. The fourth-order valence-corrected chi connectivity index (χ4v) is 2.88. The lowest BCUT2D eigenvalue weighted by molar-refractivity contribution is 0.219. The maximum atomic E-state index is 9.47. The second-order valence-corrected chi connectivity index (χ2v) is 6.64. The third-order valence-corrected chi connectivity index (χ3v) is 4.06. The summed E-state index contributed by atoms with van der Waals surface area (Å²) in [5, 5.41) is 9.47. The van der Waals surface area contributed by atoms with Gasteiger partial charge >= 0.3 is 0 Å². The van der Waals surface area contributed by atoms with E-state index < -0.39 is 0 Å². The Morgan fingerprint density at radius 1 is 1.17 bits per heavy atom. The van der Waals surface area contributed by atoms with Gasteiger partial charge in [-0.05, 0) is 23.6 Å². The first-order valence-corrected chi connectivity index (χ1v) is 6.81. The van der Waals surface area contributed by atoms with E-state index in [1.807, 2.05) is 0 Å². The Bertz CT molecular complexity index is 391. The van der Waals surface area contributed by atoms with Gasteiger partial charge in [-0.15, -0.1) is 0 Å². The van der Waals surface area contributed by atoms with Gasteiger partial charge in [0, 0.05) is 31.5 Å². The molecule has 0 aliphatic carbocycles. The van der Waals surface area contributed by atoms with Crippen LogP contribution < -0.4 is 0 Å². The van der Waals surface area contributed by atoms with Crippen LogP contribution in [0.4, 0.5) is 0 Å². The predicted molar refractivity (Wildman–Crippen MR) is 76.0 cm³/mol. The SMILES string of the molecule is CN1C[C@@H](CO)[C@@H](c2ccc(C(C)(C)C)cc2)C1. The van der Waals surface area contributed by atoms with E-state index in [0.29, 0.717) is 11.8 Å². The second kappa shape index (κ2) is 5.02. The Labute approximate surface area is 111 Å². The van der Waals surface area contributed by atoms with Crippen LogP contribution in [0.5, 0.6) is 0 Å². The fourth-order valence-electron chi connectivity index (χ4n) is 2.88. The third kappa shape index (κ3) is 2.76. The zero-order valence-corrected chi connectivity index (χ0v) is 12.0. The molecular weight excluding hydrogens is 222 g/mol. The maximum Gasteiger partial charge on any atom is 0.0477 e. The molecule has 1 fully saturated rings. The summed E-state index contributed by atoms with van der Waals surface area (Å²) in [5.41, 5.74) is 2.95. The first-order valence-electron chi connectivity index (χ1n) is 6.81. The summed E-state index contributed by atoms with van der Waals surface area (Å²) < 4.78 is 0. The lowest BCUT2D eigenvalue weighted by Gasteiger charge is -2.21. The normalized spacial score (nSPS) is 25.6. The molecule has 100 valence electrons. The topological polar surface area (TPSA) is 23.5 Å². The van der Waals surface area contributed by atoms with Crippen LogP contribution in [-0.4, -0.2) is 36.8 Å². The smallest absolute Gasteiger partial charge is 0.0477 e. The van der Waals surface area contributed by atoms with E-state index in [-0.39, 0.29) is 12.0 Å². The Kier molecular flexibility index (Phi) is 3.79. The van der Waals surface area contributed by atoms with Crippen molar-refractivity contribution in [1.29, 1.82) is 0 Å². The Morgan fingerprint density at radius 2 is 1.78 bits per heavy atom. The molecule has 18 heavy (non-hydrogen) atoms. The van der Waals surface area contributed by atoms with Crippen molar-refractivity contribution in [3.05, 3.63) is 35.4 Å². The summed E-state index contributed by atoms with van der Waals surface area (Å²) in [6.07, 6.45) is 0. The molecule has 2 rings (SSSR count). The van der Waals surface area contributed by atoms with Crippen molar-refractivity contribution in [3.8, 4) is 0 Å². The van der Waals surface area contributed by atoms with E-state index in [1.54, 1.807) is 0 Å². The number of rotatable bonds is 2. The number of benzene rings is 1. The summed E-state index contributed by atoms with van der Waals surface area (Å²) in [4.78, 5) is 2.31. The van der Waals surface area contributed by atoms with Gasteiger partial charge in [-0.25, -0.2) is 0 Å². The van der Waals surface area contributed by atoms with Crippen LogP contribution in [0.1, 0.15) is 37.8 Å². The highest BCUT2D eigenvalue weighted by atomic mass is 16.3. The molecule has 1 heterocycles. The van der Waals surface area contributed by atoms with E-state index in [4.69, 9.17) is 0 Å². The summed E-state index contributed by atoms with van der Waals surface area (Å²) in [6.45, 7) is 9.06. The summed E-state index contributed by atoms with van der Waals surface area (Å²) in [5.74, 6) is 0.865. The summed E-state index contributed by atoms with van der Waals surface area (Å²) in [7, 11) is 2.13. The average Bonchev–Trinajstić information content (AvgIpc) is 2.69. The minimum absolute atomic E-state index is 0.210. The van der Waals surface area contributed by atoms with Crippen molar-refractivity contribution in [1.82, 2.24) is 4.90 Å². The first-order chi connectivity index (χ1) is 8.41. The predicted octanol–water partition coefficient (Wildman–Crippen LogP) is 2.62. The van der Waals surface area contributed by atoms with Gasteiger partial charge in [0.2, 0.25) is 0 Å². The zero-order chi connectivity index (χ0) is 13.3. The molecule has 0 spiro atoms. The van der Waals surface area contributed by atoms with E-state index in [9.17, 15) is 5.11 Å². The Balaban J connectivity index is 2.19. The Hall–Kier alpha value is -0.860. The van der Waals surface area contributed by atoms with Gasteiger partial charge in [-0.3, -0.25) is 0 Å². The molecule has 2 nitrogen and oxygen atoms in total. The molecule has 1 aromatic carbocycles. The molecule has 0 amide bonds. The molecule has 0 saturated carbocycles. The summed E-state index contributed by atoms with van der Waals surface area (Å²) >= 11 is 0. The molecule has 0 unspecified atom stereocenters.